The van der Waals surface area contributed by atoms with Crippen LogP contribution in [0.1, 0.15) is 22.9 Å². The maximum atomic E-state index is 9.64. The first-order chi connectivity index (χ1) is 9.75. The monoisotopic (exact) mass is 264 g/mol. The second kappa shape index (κ2) is 5.21. The minimum atomic E-state index is 0.0169. The second-order valence-electron chi connectivity index (χ2n) is 4.82. The number of aromatic nitrogens is 2. The third-order valence-electron chi connectivity index (χ3n) is 3.42. The van der Waals surface area contributed by atoms with Gasteiger partial charge in [0.2, 0.25) is 5.88 Å². The fraction of sp³-hybridized carbons (Fsp3) is 0.118. The van der Waals surface area contributed by atoms with Crippen molar-refractivity contribution in [2.75, 3.05) is 0 Å². The van der Waals surface area contributed by atoms with E-state index in [0.29, 0.717) is 0 Å². The highest BCUT2D eigenvalue weighted by atomic mass is 16.3. The molecule has 0 unspecified atom stereocenters. The first-order valence-corrected chi connectivity index (χ1v) is 6.58. The average Bonchev–Trinajstić information content (AvgIpc) is 2.80. The summed E-state index contributed by atoms with van der Waals surface area (Å²) in [4.78, 5) is 4.28. The molecule has 0 aliphatic carbocycles. The van der Waals surface area contributed by atoms with Gasteiger partial charge in [-0.25, -0.2) is 0 Å². The van der Waals surface area contributed by atoms with E-state index < -0.39 is 0 Å². The topological polar surface area (TPSA) is 38.0 Å². The van der Waals surface area contributed by atoms with E-state index in [4.69, 9.17) is 0 Å². The van der Waals surface area contributed by atoms with Crippen LogP contribution in [0.25, 0.3) is 0 Å². The number of aromatic hydroxyl groups is 1. The molecular weight excluding hydrogens is 248 g/mol. The van der Waals surface area contributed by atoms with E-state index in [1.807, 2.05) is 48.0 Å². The van der Waals surface area contributed by atoms with Gasteiger partial charge in [0.25, 0.3) is 0 Å². The maximum Gasteiger partial charge on any atom is 0.229 e. The van der Waals surface area contributed by atoms with Crippen molar-refractivity contribution in [1.82, 2.24) is 9.55 Å². The Morgan fingerprint density at radius 1 is 0.900 bits per heavy atom. The van der Waals surface area contributed by atoms with E-state index in [-0.39, 0.29) is 11.8 Å². The summed E-state index contributed by atoms with van der Waals surface area (Å²) in [5.74, 6) is 0.905. The molecule has 20 heavy (non-hydrogen) atoms. The molecule has 3 aromatic rings. The Morgan fingerprint density at radius 2 is 1.40 bits per heavy atom. The summed E-state index contributed by atoms with van der Waals surface area (Å²) in [5, 5.41) is 9.64. The van der Waals surface area contributed by atoms with Gasteiger partial charge in [-0.3, -0.25) is 0 Å². The molecule has 0 atom stereocenters. The Kier molecular flexibility index (Phi) is 3.25. The molecule has 0 saturated heterocycles. The molecule has 1 heterocycles. The Balaban J connectivity index is 2.16. The quantitative estimate of drug-likeness (QED) is 0.788. The van der Waals surface area contributed by atoms with Gasteiger partial charge in [-0.05, 0) is 11.1 Å². The van der Waals surface area contributed by atoms with Crippen molar-refractivity contribution >= 4 is 0 Å². The van der Waals surface area contributed by atoms with Gasteiger partial charge in [0.05, 0.1) is 12.1 Å². The molecule has 3 heteroatoms. The van der Waals surface area contributed by atoms with Crippen molar-refractivity contribution < 1.29 is 5.11 Å². The van der Waals surface area contributed by atoms with Crippen molar-refractivity contribution in [1.29, 1.82) is 0 Å². The van der Waals surface area contributed by atoms with E-state index in [1.165, 1.54) is 0 Å². The smallest absolute Gasteiger partial charge is 0.229 e. The van der Waals surface area contributed by atoms with E-state index in [1.54, 1.807) is 6.20 Å². The summed E-state index contributed by atoms with van der Waals surface area (Å²) in [5.41, 5.74) is 2.32. The third kappa shape index (κ3) is 2.30. The second-order valence-corrected chi connectivity index (χ2v) is 4.82. The maximum absolute atomic E-state index is 9.64. The zero-order chi connectivity index (χ0) is 13.9. The molecule has 3 nitrogen and oxygen atoms in total. The SMILES string of the molecule is Cn1cc(O)nc1C(c1ccccc1)c1ccccc1. The minimum absolute atomic E-state index is 0.0169. The molecule has 0 amide bonds. The minimum Gasteiger partial charge on any atom is -0.492 e. The van der Waals surface area contributed by atoms with Gasteiger partial charge in [0, 0.05) is 7.05 Å². The molecular formula is C17H16N2O. The normalized spacial score (nSPS) is 10.9. The summed E-state index contributed by atoms with van der Waals surface area (Å²) in [7, 11) is 1.90. The Hall–Kier alpha value is -2.55. The number of hydrogen-bond donors (Lipinski definition) is 1. The molecule has 0 radical (unpaired) electrons. The van der Waals surface area contributed by atoms with E-state index >= 15 is 0 Å². The van der Waals surface area contributed by atoms with Gasteiger partial charge in [-0.15, -0.1) is 0 Å². The molecule has 0 aliphatic heterocycles. The molecule has 0 bridgehead atoms. The Labute approximate surface area is 118 Å². The highest BCUT2D eigenvalue weighted by molar-refractivity contribution is 5.39. The average molecular weight is 264 g/mol. The third-order valence-corrected chi connectivity index (χ3v) is 3.42. The Morgan fingerprint density at radius 3 is 1.80 bits per heavy atom. The van der Waals surface area contributed by atoms with Crippen LogP contribution in [0, 0.1) is 0 Å². The van der Waals surface area contributed by atoms with Crippen molar-refractivity contribution in [3.8, 4) is 5.88 Å². The summed E-state index contributed by atoms with van der Waals surface area (Å²) in [6, 6.07) is 20.4. The molecule has 3 rings (SSSR count). The molecule has 0 aliphatic rings. The summed E-state index contributed by atoms with van der Waals surface area (Å²) in [6.07, 6.45) is 1.63. The molecule has 1 aromatic heterocycles. The van der Waals surface area contributed by atoms with E-state index in [9.17, 15) is 5.11 Å². The zero-order valence-corrected chi connectivity index (χ0v) is 11.3. The van der Waals surface area contributed by atoms with Crippen LogP contribution in [-0.4, -0.2) is 14.7 Å². The molecule has 0 fully saturated rings. The highest BCUT2D eigenvalue weighted by Gasteiger charge is 2.21. The number of imidazole rings is 1. The first-order valence-electron chi connectivity index (χ1n) is 6.58. The van der Waals surface area contributed by atoms with Crippen molar-refractivity contribution in [3.05, 3.63) is 83.8 Å². The first kappa shape index (κ1) is 12.5. The predicted octanol–water partition coefficient (Wildman–Crippen LogP) is 3.31. The predicted molar refractivity (Wildman–Crippen MR) is 78.7 cm³/mol. The lowest BCUT2D eigenvalue weighted by molar-refractivity contribution is 0.455. The number of aryl methyl sites for hydroxylation is 1. The van der Waals surface area contributed by atoms with Crippen LogP contribution < -0.4 is 0 Å². The number of hydrogen-bond acceptors (Lipinski definition) is 2. The van der Waals surface area contributed by atoms with Crippen molar-refractivity contribution in [3.63, 3.8) is 0 Å². The van der Waals surface area contributed by atoms with Gasteiger partial charge < -0.3 is 9.67 Å². The van der Waals surface area contributed by atoms with Gasteiger partial charge in [0.1, 0.15) is 5.82 Å². The van der Waals surface area contributed by atoms with Crippen LogP contribution in [-0.2, 0) is 7.05 Å². The van der Waals surface area contributed by atoms with Gasteiger partial charge in [-0.2, -0.15) is 4.98 Å². The van der Waals surface area contributed by atoms with Crippen molar-refractivity contribution in [2.24, 2.45) is 7.05 Å². The molecule has 100 valence electrons. The van der Waals surface area contributed by atoms with Crippen LogP contribution in [0.3, 0.4) is 0 Å². The van der Waals surface area contributed by atoms with Gasteiger partial charge >= 0.3 is 0 Å². The lowest BCUT2D eigenvalue weighted by Gasteiger charge is -2.17. The number of nitrogens with zero attached hydrogens (tertiary/aromatic N) is 2. The van der Waals surface area contributed by atoms with E-state index in [2.05, 4.69) is 29.2 Å². The van der Waals surface area contributed by atoms with Crippen LogP contribution in [0.5, 0.6) is 5.88 Å². The molecule has 1 N–H and O–H groups in total. The lowest BCUT2D eigenvalue weighted by Crippen LogP contribution is -2.09. The largest absolute Gasteiger partial charge is 0.492 e. The highest BCUT2D eigenvalue weighted by Crippen LogP contribution is 2.31. The summed E-state index contributed by atoms with van der Waals surface area (Å²) < 4.78 is 1.88. The summed E-state index contributed by atoms with van der Waals surface area (Å²) >= 11 is 0. The molecule has 0 spiro atoms. The standard InChI is InChI=1S/C17H16N2O/c1-19-12-15(20)18-17(19)16(13-8-4-2-5-9-13)14-10-6-3-7-11-14/h2-12,16,20H,1H3. The fourth-order valence-electron chi connectivity index (χ4n) is 2.51. The van der Waals surface area contributed by atoms with Crippen LogP contribution in [0.4, 0.5) is 0 Å². The fourth-order valence-corrected chi connectivity index (χ4v) is 2.51. The molecule has 0 saturated carbocycles. The number of rotatable bonds is 3. The van der Waals surface area contributed by atoms with Crippen LogP contribution in [0.2, 0.25) is 0 Å². The Bertz CT molecular complexity index is 650. The van der Waals surface area contributed by atoms with Crippen LogP contribution >= 0.6 is 0 Å². The molecule has 2 aromatic carbocycles. The van der Waals surface area contributed by atoms with Gasteiger partial charge in [-0.1, -0.05) is 60.7 Å². The van der Waals surface area contributed by atoms with E-state index in [0.717, 1.165) is 17.0 Å². The lowest BCUT2D eigenvalue weighted by atomic mass is 9.90. The van der Waals surface area contributed by atoms with Crippen LogP contribution in [0.15, 0.2) is 66.9 Å². The number of benzene rings is 2. The van der Waals surface area contributed by atoms with Gasteiger partial charge in [0.15, 0.2) is 0 Å². The van der Waals surface area contributed by atoms with Crippen molar-refractivity contribution in [2.45, 2.75) is 5.92 Å². The summed E-state index contributed by atoms with van der Waals surface area (Å²) in [6.45, 7) is 0. The zero-order valence-electron chi connectivity index (χ0n) is 11.3.